The highest BCUT2D eigenvalue weighted by Crippen LogP contribution is 2.37. The van der Waals surface area contributed by atoms with Gasteiger partial charge in [-0.15, -0.1) is 0 Å². The lowest BCUT2D eigenvalue weighted by Gasteiger charge is -2.17. The Balaban J connectivity index is 1.40. The van der Waals surface area contributed by atoms with Gasteiger partial charge >= 0.3 is 0 Å². The molecule has 7 nitrogen and oxygen atoms in total. The molecular weight excluding hydrogens is 414 g/mol. The van der Waals surface area contributed by atoms with E-state index in [4.69, 9.17) is 9.47 Å². The second-order valence-electron chi connectivity index (χ2n) is 7.28. The van der Waals surface area contributed by atoms with Crippen molar-refractivity contribution in [1.29, 1.82) is 0 Å². The van der Waals surface area contributed by atoms with E-state index in [9.17, 15) is 9.59 Å². The summed E-state index contributed by atoms with van der Waals surface area (Å²) >= 11 is 1.32. The molecule has 1 aliphatic rings. The molecule has 31 heavy (non-hydrogen) atoms. The van der Waals surface area contributed by atoms with Crippen LogP contribution in [-0.2, 0) is 6.54 Å². The summed E-state index contributed by atoms with van der Waals surface area (Å²) in [6.07, 6.45) is 1.68. The van der Waals surface area contributed by atoms with Gasteiger partial charge < -0.3 is 14.0 Å². The molecule has 1 N–H and O–H groups in total. The van der Waals surface area contributed by atoms with E-state index in [0.717, 1.165) is 15.8 Å². The van der Waals surface area contributed by atoms with Gasteiger partial charge in [-0.25, -0.2) is 4.98 Å². The van der Waals surface area contributed by atoms with Crippen molar-refractivity contribution in [3.8, 4) is 11.5 Å². The van der Waals surface area contributed by atoms with Crippen LogP contribution in [0.2, 0.25) is 0 Å². The van der Waals surface area contributed by atoms with E-state index in [-0.39, 0.29) is 11.1 Å². The Kier molecular flexibility index (Phi) is 4.91. The zero-order chi connectivity index (χ0) is 21.4. The van der Waals surface area contributed by atoms with Crippen LogP contribution in [0.15, 0.2) is 59.5 Å². The number of aryl methyl sites for hydroxylation is 1. The molecule has 0 saturated heterocycles. The Morgan fingerprint density at radius 1 is 1.13 bits per heavy atom. The number of rotatable bonds is 4. The molecule has 5 rings (SSSR count). The number of hydrogen-bond donors (Lipinski definition) is 1. The first-order chi connectivity index (χ1) is 15.1. The molecule has 4 aromatic rings. The molecule has 0 radical (unpaired) electrons. The number of anilines is 1. The van der Waals surface area contributed by atoms with Crippen molar-refractivity contribution in [2.45, 2.75) is 13.5 Å². The molecule has 1 amide bonds. The second-order valence-corrected chi connectivity index (χ2v) is 8.31. The Labute approximate surface area is 181 Å². The van der Waals surface area contributed by atoms with Crippen molar-refractivity contribution in [2.24, 2.45) is 0 Å². The molecule has 0 bridgehead atoms. The summed E-state index contributed by atoms with van der Waals surface area (Å²) in [5.41, 5.74) is 2.54. The molecule has 0 spiro atoms. The number of aromatic nitrogens is 2. The van der Waals surface area contributed by atoms with Crippen molar-refractivity contribution < 1.29 is 14.3 Å². The summed E-state index contributed by atoms with van der Waals surface area (Å²) in [7, 11) is 0. The van der Waals surface area contributed by atoms with Gasteiger partial charge in [-0.2, -0.15) is 0 Å². The van der Waals surface area contributed by atoms with Crippen LogP contribution in [0.4, 0.5) is 5.13 Å². The van der Waals surface area contributed by atoms with Crippen molar-refractivity contribution >= 4 is 32.6 Å². The van der Waals surface area contributed by atoms with Crippen LogP contribution in [0.1, 0.15) is 21.5 Å². The zero-order valence-corrected chi connectivity index (χ0v) is 17.6. The number of fused-ring (bicyclic) bond motifs is 2. The van der Waals surface area contributed by atoms with Crippen molar-refractivity contribution in [3.05, 3.63) is 81.8 Å². The summed E-state index contributed by atoms with van der Waals surface area (Å²) in [6, 6.07) is 14.8. The monoisotopic (exact) mass is 433 g/mol. The van der Waals surface area contributed by atoms with E-state index in [1.165, 1.54) is 22.0 Å². The van der Waals surface area contributed by atoms with Gasteiger partial charge in [0.15, 0.2) is 16.6 Å². The summed E-state index contributed by atoms with van der Waals surface area (Å²) < 4.78 is 13.6. The average Bonchev–Trinajstić information content (AvgIpc) is 3.14. The maximum Gasteiger partial charge on any atom is 0.263 e. The highest BCUT2D eigenvalue weighted by atomic mass is 32.1. The topological polar surface area (TPSA) is 82.5 Å². The van der Waals surface area contributed by atoms with Crippen molar-refractivity contribution in [3.63, 3.8) is 0 Å². The summed E-state index contributed by atoms with van der Waals surface area (Å²) in [6.45, 7) is 3.40. The van der Waals surface area contributed by atoms with E-state index >= 15 is 0 Å². The fourth-order valence-electron chi connectivity index (χ4n) is 3.52. The quantitative estimate of drug-likeness (QED) is 0.529. The number of amides is 1. The van der Waals surface area contributed by atoms with Gasteiger partial charge in [-0.3, -0.25) is 14.9 Å². The van der Waals surface area contributed by atoms with Gasteiger partial charge in [0, 0.05) is 18.3 Å². The number of ether oxygens (including phenoxy) is 2. The lowest BCUT2D eigenvalue weighted by Crippen LogP contribution is -2.29. The number of hydrogen-bond acceptors (Lipinski definition) is 6. The molecule has 1 aliphatic heterocycles. The molecule has 0 fully saturated rings. The largest absolute Gasteiger partial charge is 0.486 e. The summed E-state index contributed by atoms with van der Waals surface area (Å²) in [4.78, 5) is 30.2. The molecule has 3 heterocycles. The third-order valence-corrected chi connectivity index (χ3v) is 5.91. The Morgan fingerprint density at radius 3 is 2.74 bits per heavy atom. The third-order valence-electron chi connectivity index (χ3n) is 4.97. The number of carbonyl (C=O) groups excluding carboxylic acids is 1. The van der Waals surface area contributed by atoms with Crippen molar-refractivity contribution in [2.75, 3.05) is 18.5 Å². The molecule has 0 aliphatic carbocycles. The molecule has 8 heteroatoms. The summed E-state index contributed by atoms with van der Waals surface area (Å²) in [5.74, 6) is 0.825. The molecule has 156 valence electrons. The molecule has 0 unspecified atom stereocenters. The maximum atomic E-state index is 12.9. The van der Waals surface area contributed by atoms with Crippen LogP contribution in [0.5, 0.6) is 11.5 Å². The van der Waals surface area contributed by atoms with Gasteiger partial charge in [0.05, 0.1) is 16.8 Å². The van der Waals surface area contributed by atoms with E-state index in [2.05, 4.69) is 10.3 Å². The number of benzene rings is 2. The second kappa shape index (κ2) is 7.88. The minimum atomic E-state index is -0.486. The first kappa shape index (κ1) is 19.3. The minimum Gasteiger partial charge on any atom is -0.486 e. The Bertz CT molecular complexity index is 1320. The van der Waals surface area contributed by atoms with Crippen LogP contribution < -0.4 is 20.3 Å². The molecular formula is C23H19N3O4S. The highest BCUT2D eigenvalue weighted by molar-refractivity contribution is 7.22. The minimum absolute atomic E-state index is 0.0698. The lowest BCUT2D eigenvalue weighted by molar-refractivity contribution is 0.102. The zero-order valence-electron chi connectivity index (χ0n) is 16.8. The van der Waals surface area contributed by atoms with E-state index < -0.39 is 5.91 Å². The molecule has 0 atom stereocenters. The van der Waals surface area contributed by atoms with Gasteiger partial charge in [-0.05, 0) is 24.6 Å². The van der Waals surface area contributed by atoms with E-state index in [1.54, 1.807) is 18.3 Å². The van der Waals surface area contributed by atoms with E-state index in [0.29, 0.717) is 41.9 Å². The summed E-state index contributed by atoms with van der Waals surface area (Å²) in [5, 5.41) is 3.17. The van der Waals surface area contributed by atoms with Crippen LogP contribution in [0.3, 0.4) is 0 Å². The van der Waals surface area contributed by atoms with Crippen LogP contribution in [-0.4, -0.2) is 28.7 Å². The van der Waals surface area contributed by atoms with Gasteiger partial charge in [0.2, 0.25) is 0 Å². The fourth-order valence-corrected chi connectivity index (χ4v) is 4.40. The van der Waals surface area contributed by atoms with Crippen LogP contribution in [0.25, 0.3) is 10.2 Å². The SMILES string of the molecule is Cc1cccc(Cn2cccc(C(=O)Nc3nc4cc5c(cc4s3)OCCO5)c2=O)c1. The molecule has 0 saturated carbocycles. The first-order valence-electron chi connectivity index (χ1n) is 9.83. The van der Waals surface area contributed by atoms with Gasteiger partial charge in [0.25, 0.3) is 11.5 Å². The number of nitrogens with one attached hydrogen (secondary N) is 1. The average molecular weight is 433 g/mol. The van der Waals surface area contributed by atoms with Gasteiger partial charge in [-0.1, -0.05) is 41.2 Å². The van der Waals surface area contributed by atoms with E-state index in [1.807, 2.05) is 37.3 Å². The van der Waals surface area contributed by atoms with Crippen LogP contribution >= 0.6 is 11.3 Å². The first-order valence-corrected chi connectivity index (χ1v) is 10.6. The number of pyridine rings is 1. The maximum absolute atomic E-state index is 12.9. The highest BCUT2D eigenvalue weighted by Gasteiger charge is 2.18. The number of nitrogens with zero attached hydrogens (tertiary/aromatic N) is 2. The standard InChI is InChI=1S/C23H19N3O4S/c1-14-4-2-5-15(10-14)13-26-7-3-6-16(22(26)28)21(27)25-23-24-17-11-18-19(12-20(17)31-23)30-9-8-29-18/h2-7,10-12H,8-9,13H2,1H3,(H,24,25,27). The van der Waals surface area contributed by atoms with Crippen LogP contribution in [0, 0.1) is 6.92 Å². The predicted octanol–water partition coefficient (Wildman–Crippen LogP) is 3.84. The lowest BCUT2D eigenvalue weighted by atomic mass is 10.1. The normalized spacial score (nSPS) is 12.7. The Hall–Kier alpha value is -3.65. The Morgan fingerprint density at radius 2 is 1.94 bits per heavy atom. The molecule has 2 aromatic heterocycles. The van der Waals surface area contributed by atoms with Gasteiger partial charge in [0.1, 0.15) is 18.8 Å². The fraction of sp³-hybridized carbons (Fsp3) is 0.174. The smallest absolute Gasteiger partial charge is 0.263 e. The number of carbonyl (C=O) groups is 1. The van der Waals surface area contributed by atoms with Crippen molar-refractivity contribution in [1.82, 2.24) is 9.55 Å². The molecule has 2 aromatic carbocycles. The third kappa shape index (κ3) is 3.89. The predicted molar refractivity (Wildman–Crippen MR) is 120 cm³/mol. The number of thiazole rings is 1.